The average Bonchev–Trinajstić information content (AvgIpc) is 3.05. The van der Waals surface area contributed by atoms with Crippen LogP contribution in [0.5, 0.6) is 0 Å². The lowest BCUT2D eigenvalue weighted by molar-refractivity contribution is -0.143. The second kappa shape index (κ2) is 4.19. The molecule has 1 aromatic rings. The largest absolute Gasteiger partial charge is 0.468 e. The van der Waals surface area contributed by atoms with Gasteiger partial charge in [-0.2, -0.15) is 0 Å². The summed E-state index contributed by atoms with van der Waals surface area (Å²) < 4.78 is 4.79. The standard InChI is InChI=1S/C11H12ClNO2/c1-15-11(14)9(7-4-5-7)10-8(12)3-2-6-13-10/h2-3,6-7,9H,4-5H2,1H3. The Morgan fingerprint density at radius 1 is 1.67 bits per heavy atom. The first kappa shape index (κ1) is 10.4. The number of ether oxygens (including phenoxy) is 1. The Morgan fingerprint density at radius 3 is 2.93 bits per heavy atom. The van der Waals surface area contributed by atoms with Gasteiger partial charge in [0.2, 0.25) is 0 Å². The molecule has 1 aromatic heterocycles. The van der Waals surface area contributed by atoms with Gasteiger partial charge in [0.1, 0.15) is 5.92 Å². The van der Waals surface area contributed by atoms with Crippen molar-refractivity contribution in [2.75, 3.05) is 7.11 Å². The van der Waals surface area contributed by atoms with Crippen LogP contribution in [0.2, 0.25) is 5.02 Å². The fourth-order valence-electron chi connectivity index (χ4n) is 1.71. The van der Waals surface area contributed by atoms with E-state index in [0.29, 0.717) is 16.6 Å². The quantitative estimate of drug-likeness (QED) is 0.742. The van der Waals surface area contributed by atoms with Gasteiger partial charge >= 0.3 is 5.97 Å². The van der Waals surface area contributed by atoms with Crippen LogP contribution >= 0.6 is 11.6 Å². The molecule has 2 rings (SSSR count). The Bertz CT molecular complexity index is 377. The predicted molar refractivity (Wildman–Crippen MR) is 56.7 cm³/mol. The third-order valence-electron chi connectivity index (χ3n) is 2.63. The molecule has 0 aromatic carbocycles. The maximum Gasteiger partial charge on any atom is 0.315 e. The van der Waals surface area contributed by atoms with Gasteiger partial charge in [-0.25, -0.2) is 0 Å². The van der Waals surface area contributed by atoms with Crippen LogP contribution in [-0.2, 0) is 9.53 Å². The molecule has 1 unspecified atom stereocenters. The van der Waals surface area contributed by atoms with Crippen LogP contribution in [0.3, 0.4) is 0 Å². The maximum atomic E-state index is 11.6. The Morgan fingerprint density at radius 2 is 2.40 bits per heavy atom. The highest BCUT2D eigenvalue weighted by atomic mass is 35.5. The summed E-state index contributed by atoms with van der Waals surface area (Å²) in [7, 11) is 1.40. The lowest BCUT2D eigenvalue weighted by Crippen LogP contribution is -2.17. The molecule has 1 heterocycles. The van der Waals surface area contributed by atoms with Crippen molar-refractivity contribution in [3.05, 3.63) is 29.0 Å². The lowest BCUT2D eigenvalue weighted by Gasteiger charge is -2.13. The lowest BCUT2D eigenvalue weighted by atomic mass is 9.99. The van der Waals surface area contributed by atoms with Gasteiger partial charge in [0.25, 0.3) is 0 Å². The monoisotopic (exact) mass is 225 g/mol. The molecule has 15 heavy (non-hydrogen) atoms. The van der Waals surface area contributed by atoms with Crippen molar-refractivity contribution in [2.45, 2.75) is 18.8 Å². The van der Waals surface area contributed by atoms with Crippen molar-refractivity contribution in [3.63, 3.8) is 0 Å². The Hall–Kier alpha value is -1.09. The smallest absolute Gasteiger partial charge is 0.315 e. The Labute approximate surface area is 93.4 Å². The molecule has 1 saturated carbocycles. The molecule has 80 valence electrons. The maximum absolute atomic E-state index is 11.6. The van der Waals surface area contributed by atoms with Crippen molar-refractivity contribution in [1.82, 2.24) is 4.98 Å². The molecular formula is C11H12ClNO2. The van der Waals surface area contributed by atoms with Gasteiger partial charge in [-0.3, -0.25) is 9.78 Å². The molecule has 0 radical (unpaired) electrons. The second-order valence-electron chi connectivity index (χ2n) is 3.71. The highest BCUT2D eigenvalue weighted by molar-refractivity contribution is 6.31. The Balaban J connectivity index is 2.32. The summed E-state index contributed by atoms with van der Waals surface area (Å²) in [6, 6.07) is 3.51. The van der Waals surface area contributed by atoms with Crippen molar-refractivity contribution < 1.29 is 9.53 Å². The van der Waals surface area contributed by atoms with E-state index in [9.17, 15) is 4.79 Å². The molecule has 3 nitrogen and oxygen atoms in total. The first-order chi connectivity index (χ1) is 7.24. The summed E-state index contributed by atoms with van der Waals surface area (Å²) in [4.78, 5) is 15.8. The minimum Gasteiger partial charge on any atom is -0.468 e. The second-order valence-corrected chi connectivity index (χ2v) is 4.12. The third-order valence-corrected chi connectivity index (χ3v) is 2.95. The van der Waals surface area contributed by atoms with Gasteiger partial charge < -0.3 is 4.74 Å². The van der Waals surface area contributed by atoms with Gasteiger partial charge in [-0.15, -0.1) is 0 Å². The number of carbonyl (C=O) groups is 1. The number of hydrogen-bond acceptors (Lipinski definition) is 3. The number of methoxy groups -OCH3 is 1. The molecular weight excluding hydrogens is 214 g/mol. The minimum absolute atomic E-state index is 0.238. The molecule has 0 saturated heterocycles. The zero-order valence-electron chi connectivity index (χ0n) is 8.44. The first-order valence-electron chi connectivity index (χ1n) is 4.92. The van der Waals surface area contributed by atoms with E-state index < -0.39 is 0 Å². The summed E-state index contributed by atoms with van der Waals surface area (Å²) in [6.45, 7) is 0. The van der Waals surface area contributed by atoms with E-state index in [1.165, 1.54) is 7.11 Å². The number of rotatable bonds is 3. The number of halogens is 1. The first-order valence-corrected chi connectivity index (χ1v) is 5.30. The summed E-state index contributed by atoms with van der Waals surface area (Å²) >= 11 is 6.02. The van der Waals surface area contributed by atoms with Crippen LogP contribution in [0, 0.1) is 5.92 Å². The number of aromatic nitrogens is 1. The van der Waals surface area contributed by atoms with Crippen LogP contribution in [0.4, 0.5) is 0 Å². The topological polar surface area (TPSA) is 39.2 Å². The van der Waals surface area contributed by atoms with Crippen molar-refractivity contribution in [3.8, 4) is 0 Å². The van der Waals surface area contributed by atoms with Crippen LogP contribution in [0.15, 0.2) is 18.3 Å². The zero-order valence-corrected chi connectivity index (χ0v) is 9.20. The SMILES string of the molecule is COC(=O)C(c1ncccc1Cl)C1CC1. The molecule has 0 aliphatic heterocycles. The number of pyridine rings is 1. The van der Waals surface area contributed by atoms with Gasteiger partial charge in [-0.05, 0) is 30.9 Å². The van der Waals surface area contributed by atoms with Gasteiger partial charge in [0.05, 0.1) is 17.8 Å². The van der Waals surface area contributed by atoms with Crippen LogP contribution in [0.25, 0.3) is 0 Å². The van der Waals surface area contributed by atoms with E-state index in [1.54, 1.807) is 18.3 Å². The molecule has 1 aliphatic rings. The normalized spacial score (nSPS) is 17.2. The molecule has 1 fully saturated rings. The number of nitrogens with zero attached hydrogens (tertiary/aromatic N) is 1. The minimum atomic E-state index is -0.288. The highest BCUT2D eigenvalue weighted by Crippen LogP contribution is 2.44. The molecule has 1 atom stereocenters. The van der Waals surface area contributed by atoms with Crippen molar-refractivity contribution in [2.24, 2.45) is 5.92 Å². The molecule has 0 bridgehead atoms. The number of hydrogen-bond donors (Lipinski definition) is 0. The molecule has 0 spiro atoms. The molecule has 1 aliphatic carbocycles. The predicted octanol–water partition coefficient (Wildman–Crippen LogP) is 2.40. The fourth-order valence-corrected chi connectivity index (χ4v) is 1.95. The number of esters is 1. The van der Waals surface area contributed by atoms with Crippen LogP contribution in [0.1, 0.15) is 24.5 Å². The van der Waals surface area contributed by atoms with Crippen LogP contribution < -0.4 is 0 Å². The summed E-state index contributed by atoms with van der Waals surface area (Å²) in [5.74, 6) is -0.174. The van der Waals surface area contributed by atoms with Gasteiger partial charge in [0, 0.05) is 6.20 Å². The van der Waals surface area contributed by atoms with Gasteiger partial charge in [0.15, 0.2) is 0 Å². The van der Waals surface area contributed by atoms with E-state index in [-0.39, 0.29) is 11.9 Å². The van der Waals surface area contributed by atoms with Gasteiger partial charge in [-0.1, -0.05) is 11.6 Å². The van der Waals surface area contributed by atoms with Crippen molar-refractivity contribution in [1.29, 1.82) is 0 Å². The van der Waals surface area contributed by atoms with E-state index in [2.05, 4.69) is 4.98 Å². The molecule has 0 N–H and O–H groups in total. The third kappa shape index (κ3) is 2.12. The molecule has 0 amide bonds. The average molecular weight is 226 g/mol. The van der Waals surface area contributed by atoms with E-state index in [1.807, 2.05) is 0 Å². The van der Waals surface area contributed by atoms with E-state index in [4.69, 9.17) is 16.3 Å². The molecule has 4 heteroatoms. The Kier molecular flexibility index (Phi) is 2.91. The summed E-state index contributed by atoms with van der Waals surface area (Å²) in [6.07, 6.45) is 3.75. The number of carbonyl (C=O) groups excluding carboxylic acids is 1. The van der Waals surface area contributed by atoms with Crippen LogP contribution in [-0.4, -0.2) is 18.1 Å². The van der Waals surface area contributed by atoms with E-state index >= 15 is 0 Å². The summed E-state index contributed by atoms with van der Waals surface area (Å²) in [5.41, 5.74) is 0.647. The van der Waals surface area contributed by atoms with E-state index in [0.717, 1.165) is 12.8 Å². The summed E-state index contributed by atoms with van der Waals surface area (Å²) in [5, 5.41) is 0.541. The highest BCUT2D eigenvalue weighted by Gasteiger charge is 2.39. The zero-order chi connectivity index (χ0) is 10.8. The fraction of sp³-hybridized carbons (Fsp3) is 0.455. The van der Waals surface area contributed by atoms with Crippen molar-refractivity contribution >= 4 is 17.6 Å².